The van der Waals surface area contributed by atoms with E-state index in [2.05, 4.69) is 0 Å². The second-order valence-corrected chi connectivity index (χ2v) is 5.58. The first-order chi connectivity index (χ1) is 11.4. The largest absolute Gasteiger partial charge is 0.457 e. The minimum absolute atomic E-state index is 0.0124. The number of carbonyl (C=O) groups excluding carboxylic acids is 2. The zero-order chi connectivity index (χ0) is 17.7. The Kier molecular flexibility index (Phi) is 5.65. The van der Waals surface area contributed by atoms with Gasteiger partial charge in [0.05, 0.1) is 11.3 Å². The summed E-state index contributed by atoms with van der Waals surface area (Å²) in [5.74, 6) is -1.06. The van der Waals surface area contributed by atoms with Gasteiger partial charge in [-0.25, -0.2) is 0 Å². The fourth-order valence-electron chi connectivity index (χ4n) is 2.03. The Labute approximate surface area is 143 Å². The number of rotatable bonds is 6. The van der Waals surface area contributed by atoms with Crippen molar-refractivity contribution in [2.24, 2.45) is 0 Å². The third-order valence-corrected chi connectivity index (χ3v) is 3.61. The summed E-state index contributed by atoms with van der Waals surface area (Å²) in [4.78, 5) is 34.1. The molecule has 0 aromatic heterocycles. The Morgan fingerprint density at radius 1 is 1.17 bits per heavy atom. The molecule has 0 bridgehead atoms. The Bertz CT molecular complexity index is 786. The summed E-state index contributed by atoms with van der Waals surface area (Å²) in [6.07, 6.45) is 0.0124. The van der Waals surface area contributed by atoms with Gasteiger partial charge in [0.1, 0.15) is 0 Å². The number of esters is 1. The van der Waals surface area contributed by atoms with Gasteiger partial charge in [-0.2, -0.15) is 0 Å². The van der Waals surface area contributed by atoms with E-state index in [0.29, 0.717) is 16.1 Å². The Balaban J connectivity index is 1.95. The third kappa shape index (κ3) is 4.63. The molecule has 124 valence electrons. The van der Waals surface area contributed by atoms with Crippen LogP contribution in [0.25, 0.3) is 0 Å². The maximum absolute atomic E-state index is 12.0. The molecule has 0 aliphatic carbocycles. The number of nitro groups is 1. The molecule has 0 radical (unpaired) electrons. The highest BCUT2D eigenvalue weighted by atomic mass is 35.5. The average molecular weight is 348 g/mol. The van der Waals surface area contributed by atoms with E-state index in [1.54, 1.807) is 31.2 Å². The number of aryl methyl sites for hydroxylation is 1. The van der Waals surface area contributed by atoms with Crippen LogP contribution in [0.5, 0.6) is 0 Å². The van der Waals surface area contributed by atoms with Crippen molar-refractivity contribution in [3.63, 3.8) is 0 Å². The molecule has 0 atom stereocenters. The monoisotopic (exact) mass is 347 g/mol. The van der Waals surface area contributed by atoms with Crippen molar-refractivity contribution < 1.29 is 19.2 Å². The van der Waals surface area contributed by atoms with Crippen molar-refractivity contribution >= 4 is 29.0 Å². The molecule has 24 heavy (non-hydrogen) atoms. The second kappa shape index (κ2) is 7.70. The zero-order valence-electron chi connectivity index (χ0n) is 12.8. The molecule has 0 spiro atoms. The summed E-state index contributed by atoms with van der Waals surface area (Å²) in [6.45, 7) is 1.12. The molecule has 2 aromatic carbocycles. The second-order valence-electron chi connectivity index (χ2n) is 5.15. The lowest BCUT2D eigenvalue weighted by Crippen LogP contribution is -2.16. The molecule has 0 saturated carbocycles. The fraction of sp³-hybridized carbons (Fsp3) is 0.176. The normalized spacial score (nSPS) is 10.2. The van der Waals surface area contributed by atoms with Crippen LogP contribution < -0.4 is 0 Å². The van der Waals surface area contributed by atoms with Crippen molar-refractivity contribution in [2.75, 3.05) is 6.61 Å². The van der Waals surface area contributed by atoms with E-state index in [-0.39, 0.29) is 17.7 Å². The van der Waals surface area contributed by atoms with E-state index in [4.69, 9.17) is 16.3 Å². The van der Waals surface area contributed by atoms with Crippen LogP contribution in [0.3, 0.4) is 0 Å². The summed E-state index contributed by atoms with van der Waals surface area (Å²) < 4.78 is 4.93. The highest BCUT2D eigenvalue weighted by Gasteiger charge is 2.16. The minimum atomic E-state index is -0.563. The van der Waals surface area contributed by atoms with Crippen LogP contribution in [0.1, 0.15) is 21.5 Å². The SMILES string of the molecule is Cc1ccc(C(=O)COC(=O)Cc2ccc(Cl)cc2)cc1[N+](=O)[O-]. The molecule has 0 heterocycles. The average Bonchev–Trinajstić information content (AvgIpc) is 2.55. The molecule has 0 amide bonds. The van der Waals surface area contributed by atoms with E-state index in [1.807, 2.05) is 0 Å². The van der Waals surface area contributed by atoms with Gasteiger partial charge >= 0.3 is 5.97 Å². The van der Waals surface area contributed by atoms with Crippen LogP contribution in [-0.2, 0) is 16.0 Å². The lowest BCUT2D eigenvalue weighted by Gasteiger charge is -2.05. The molecule has 0 N–H and O–H groups in total. The first-order valence-electron chi connectivity index (χ1n) is 7.05. The molecular formula is C17H14ClNO5. The van der Waals surface area contributed by atoms with E-state index in [0.717, 1.165) is 0 Å². The summed E-state index contributed by atoms with van der Waals surface area (Å²) in [5.41, 5.74) is 1.15. The van der Waals surface area contributed by atoms with Crippen molar-refractivity contribution in [3.8, 4) is 0 Å². The van der Waals surface area contributed by atoms with Gasteiger partial charge in [0.25, 0.3) is 5.69 Å². The number of hydrogen-bond acceptors (Lipinski definition) is 5. The summed E-state index contributed by atoms with van der Waals surface area (Å²) in [6, 6.07) is 10.8. The van der Waals surface area contributed by atoms with Crippen LogP contribution in [-0.4, -0.2) is 23.3 Å². The van der Waals surface area contributed by atoms with E-state index < -0.39 is 23.3 Å². The maximum Gasteiger partial charge on any atom is 0.310 e. The Morgan fingerprint density at radius 2 is 1.83 bits per heavy atom. The fourth-order valence-corrected chi connectivity index (χ4v) is 2.15. The molecule has 6 nitrogen and oxygen atoms in total. The Hall–Kier alpha value is -2.73. The van der Waals surface area contributed by atoms with E-state index in [1.165, 1.54) is 18.2 Å². The van der Waals surface area contributed by atoms with Crippen LogP contribution in [0.4, 0.5) is 5.69 Å². The van der Waals surface area contributed by atoms with Crippen molar-refractivity contribution in [1.82, 2.24) is 0 Å². The molecule has 2 aromatic rings. The van der Waals surface area contributed by atoms with Gasteiger partial charge in [0, 0.05) is 22.2 Å². The molecule has 0 saturated heterocycles. The number of benzene rings is 2. The van der Waals surface area contributed by atoms with E-state index >= 15 is 0 Å². The van der Waals surface area contributed by atoms with Gasteiger partial charge in [-0.05, 0) is 24.6 Å². The minimum Gasteiger partial charge on any atom is -0.457 e. The van der Waals surface area contributed by atoms with E-state index in [9.17, 15) is 19.7 Å². The summed E-state index contributed by atoms with van der Waals surface area (Å²) >= 11 is 5.76. The number of Topliss-reactive ketones (excluding diaryl/α,β-unsaturated/α-hetero) is 1. The third-order valence-electron chi connectivity index (χ3n) is 3.35. The lowest BCUT2D eigenvalue weighted by atomic mass is 10.1. The number of hydrogen-bond donors (Lipinski definition) is 0. The van der Waals surface area contributed by atoms with Crippen molar-refractivity contribution in [3.05, 3.63) is 74.3 Å². The van der Waals surface area contributed by atoms with Crippen LogP contribution in [0, 0.1) is 17.0 Å². The van der Waals surface area contributed by atoms with Crippen molar-refractivity contribution in [1.29, 1.82) is 0 Å². The van der Waals surface area contributed by atoms with Gasteiger partial charge in [-0.3, -0.25) is 19.7 Å². The highest BCUT2D eigenvalue weighted by Crippen LogP contribution is 2.19. The molecule has 0 aliphatic rings. The zero-order valence-corrected chi connectivity index (χ0v) is 13.6. The summed E-state index contributed by atoms with van der Waals surface area (Å²) in [5, 5.41) is 11.4. The van der Waals surface area contributed by atoms with Gasteiger partial charge in [-0.15, -0.1) is 0 Å². The summed E-state index contributed by atoms with van der Waals surface area (Å²) in [7, 11) is 0. The number of halogens is 1. The number of nitrogens with zero attached hydrogens (tertiary/aromatic N) is 1. The highest BCUT2D eigenvalue weighted by molar-refractivity contribution is 6.30. The number of ketones is 1. The molecule has 2 rings (SSSR count). The first-order valence-corrected chi connectivity index (χ1v) is 7.43. The van der Waals surface area contributed by atoms with Crippen LogP contribution >= 0.6 is 11.6 Å². The van der Waals surface area contributed by atoms with Crippen LogP contribution in [0.15, 0.2) is 42.5 Å². The number of nitro benzene ring substituents is 1. The molecule has 0 unspecified atom stereocenters. The standard InChI is InChI=1S/C17H14ClNO5/c1-11-2-5-13(9-15(11)19(22)23)16(20)10-24-17(21)8-12-3-6-14(18)7-4-12/h2-7,9H,8,10H2,1H3. The van der Waals surface area contributed by atoms with Crippen molar-refractivity contribution in [2.45, 2.75) is 13.3 Å². The molecule has 0 aliphatic heterocycles. The molecule has 7 heteroatoms. The van der Waals surface area contributed by atoms with Gasteiger partial charge < -0.3 is 4.74 Å². The molecular weight excluding hydrogens is 334 g/mol. The number of ether oxygens (including phenoxy) is 1. The van der Waals surface area contributed by atoms with Gasteiger partial charge in [0.2, 0.25) is 5.78 Å². The maximum atomic E-state index is 12.0. The topological polar surface area (TPSA) is 86.5 Å². The van der Waals surface area contributed by atoms with Gasteiger partial charge in [-0.1, -0.05) is 35.9 Å². The number of carbonyl (C=O) groups is 2. The lowest BCUT2D eigenvalue weighted by molar-refractivity contribution is -0.385. The molecule has 0 fully saturated rings. The Morgan fingerprint density at radius 3 is 2.46 bits per heavy atom. The smallest absolute Gasteiger partial charge is 0.310 e. The predicted octanol–water partition coefficient (Wildman–Crippen LogP) is 3.53. The van der Waals surface area contributed by atoms with Gasteiger partial charge in [0.15, 0.2) is 6.61 Å². The quantitative estimate of drug-likeness (QED) is 0.345. The predicted molar refractivity (Wildman–Crippen MR) is 88.3 cm³/mol. The van der Waals surface area contributed by atoms with Crippen LogP contribution in [0.2, 0.25) is 5.02 Å². The first kappa shape index (κ1) is 17.6.